The zero-order valence-corrected chi connectivity index (χ0v) is 14.3. The lowest BCUT2D eigenvalue weighted by atomic mass is 9.69. The van der Waals surface area contributed by atoms with Crippen LogP contribution in [0.4, 0.5) is 4.39 Å². The van der Waals surface area contributed by atoms with E-state index in [1.807, 2.05) is 13.1 Å². The standard InChI is InChI=1S/C19H25FN2O/c1-18(2)13-9-10-19(18,3)16-15(13)17(23)22(21(16)4)11-12-7-5-6-8-14(12)20/h5-8,13,15-16H,9-11H2,1-4H3/t13-,15?,16?,19+/m1/s1. The van der Waals surface area contributed by atoms with Gasteiger partial charge in [-0.15, -0.1) is 0 Å². The fourth-order valence-corrected chi connectivity index (χ4v) is 5.74. The van der Waals surface area contributed by atoms with Gasteiger partial charge in [-0.25, -0.2) is 9.40 Å². The van der Waals surface area contributed by atoms with Crippen molar-refractivity contribution in [2.24, 2.45) is 22.7 Å². The highest BCUT2D eigenvalue weighted by atomic mass is 19.1. The molecular weight excluding hydrogens is 291 g/mol. The van der Waals surface area contributed by atoms with Gasteiger partial charge >= 0.3 is 0 Å². The molecule has 0 N–H and O–H groups in total. The molecule has 3 aliphatic rings. The van der Waals surface area contributed by atoms with Crippen molar-refractivity contribution in [2.75, 3.05) is 7.05 Å². The molecular formula is C19H25FN2O. The predicted octanol–water partition coefficient (Wildman–Crippen LogP) is 3.46. The Labute approximate surface area is 137 Å². The van der Waals surface area contributed by atoms with Crippen LogP contribution in [0.5, 0.6) is 0 Å². The van der Waals surface area contributed by atoms with Gasteiger partial charge in [0.2, 0.25) is 5.91 Å². The third-order valence-corrected chi connectivity index (χ3v) is 7.40. The second-order valence-electron chi connectivity index (χ2n) is 8.32. The molecule has 0 radical (unpaired) electrons. The lowest BCUT2D eigenvalue weighted by molar-refractivity contribution is -0.143. The normalized spacial score (nSPS) is 38.4. The molecule has 1 heterocycles. The van der Waals surface area contributed by atoms with Gasteiger partial charge in [0.05, 0.1) is 12.5 Å². The lowest BCUT2D eigenvalue weighted by Crippen LogP contribution is -2.48. The highest BCUT2D eigenvalue weighted by Crippen LogP contribution is 2.70. The number of carbonyl (C=O) groups is 1. The maximum absolute atomic E-state index is 14.0. The number of amides is 1. The number of hydrogen-bond donors (Lipinski definition) is 0. The maximum Gasteiger partial charge on any atom is 0.242 e. The van der Waals surface area contributed by atoms with Gasteiger partial charge in [-0.05, 0) is 35.7 Å². The molecule has 1 aromatic carbocycles. The number of benzene rings is 1. The summed E-state index contributed by atoms with van der Waals surface area (Å²) in [5.74, 6) is 0.459. The number of carbonyl (C=O) groups excluding carboxylic acids is 1. The second kappa shape index (κ2) is 4.56. The van der Waals surface area contributed by atoms with E-state index in [4.69, 9.17) is 0 Å². The van der Waals surface area contributed by atoms with Crippen molar-refractivity contribution in [3.05, 3.63) is 35.6 Å². The quantitative estimate of drug-likeness (QED) is 0.834. The molecule has 0 aromatic heterocycles. The summed E-state index contributed by atoms with van der Waals surface area (Å²) in [4.78, 5) is 13.1. The summed E-state index contributed by atoms with van der Waals surface area (Å²) in [5.41, 5.74) is 0.928. The number of hydrogen-bond acceptors (Lipinski definition) is 2. The van der Waals surface area contributed by atoms with Crippen LogP contribution in [-0.4, -0.2) is 29.0 Å². The minimum Gasteiger partial charge on any atom is -0.273 e. The SMILES string of the molecule is CN1C2C(C(=O)N1Cc1ccccc1F)[C@H]1CC[C@]2(C)C1(C)C. The van der Waals surface area contributed by atoms with Crippen LogP contribution < -0.4 is 0 Å². The van der Waals surface area contributed by atoms with E-state index in [9.17, 15) is 9.18 Å². The van der Waals surface area contributed by atoms with E-state index in [-0.39, 0.29) is 34.5 Å². The molecule has 3 nitrogen and oxygen atoms in total. The van der Waals surface area contributed by atoms with Crippen molar-refractivity contribution >= 4 is 5.91 Å². The zero-order chi connectivity index (χ0) is 16.6. The maximum atomic E-state index is 14.0. The molecule has 2 unspecified atom stereocenters. The topological polar surface area (TPSA) is 23.6 Å². The summed E-state index contributed by atoms with van der Waals surface area (Å²) in [6.45, 7) is 7.32. The molecule has 0 spiro atoms. The first-order valence-corrected chi connectivity index (χ1v) is 8.56. The molecule has 1 amide bonds. The van der Waals surface area contributed by atoms with Crippen LogP contribution in [0, 0.1) is 28.5 Å². The van der Waals surface area contributed by atoms with Crippen LogP contribution in [0.2, 0.25) is 0 Å². The molecule has 23 heavy (non-hydrogen) atoms. The Morgan fingerprint density at radius 1 is 1.26 bits per heavy atom. The van der Waals surface area contributed by atoms with Gasteiger partial charge in [-0.3, -0.25) is 9.80 Å². The minimum atomic E-state index is -0.236. The largest absolute Gasteiger partial charge is 0.273 e. The minimum absolute atomic E-state index is 0.0699. The van der Waals surface area contributed by atoms with Crippen molar-refractivity contribution in [3.63, 3.8) is 0 Å². The van der Waals surface area contributed by atoms with E-state index in [0.29, 0.717) is 18.0 Å². The molecule has 3 fully saturated rings. The summed E-state index contributed by atoms with van der Waals surface area (Å²) in [6.07, 6.45) is 2.31. The van der Waals surface area contributed by atoms with Crippen molar-refractivity contribution in [1.29, 1.82) is 0 Å². The van der Waals surface area contributed by atoms with Crippen LogP contribution in [0.25, 0.3) is 0 Å². The fraction of sp³-hybridized carbons (Fsp3) is 0.632. The first-order chi connectivity index (χ1) is 10.8. The molecule has 124 valence electrons. The van der Waals surface area contributed by atoms with Crippen molar-refractivity contribution in [1.82, 2.24) is 10.0 Å². The fourth-order valence-electron chi connectivity index (χ4n) is 5.74. The van der Waals surface area contributed by atoms with Crippen molar-refractivity contribution < 1.29 is 9.18 Å². The Kier molecular flexibility index (Phi) is 3.00. The van der Waals surface area contributed by atoms with Crippen LogP contribution in [-0.2, 0) is 11.3 Å². The van der Waals surface area contributed by atoms with Gasteiger partial charge < -0.3 is 0 Å². The molecule has 2 saturated carbocycles. The molecule has 1 aromatic rings. The van der Waals surface area contributed by atoms with Crippen LogP contribution in [0.15, 0.2) is 24.3 Å². The Morgan fingerprint density at radius 3 is 2.61 bits per heavy atom. The Morgan fingerprint density at radius 2 is 1.96 bits per heavy atom. The first-order valence-electron chi connectivity index (χ1n) is 8.56. The second-order valence-corrected chi connectivity index (χ2v) is 8.32. The van der Waals surface area contributed by atoms with Gasteiger partial charge in [0.15, 0.2) is 0 Å². The molecule has 4 rings (SSSR count). The zero-order valence-electron chi connectivity index (χ0n) is 14.3. The number of halogens is 1. The summed E-state index contributed by atoms with van der Waals surface area (Å²) >= 11 is 0. The van der Waals surface area contributed by atoms with E-state index in [0.717, 1.165) is 6.42 Å². The van der Waals surface area contributed by atoms with Gasteiger partial charge in [0, 0.05) is 18.7 Å². The summed E-state index contributed by atoms with van der Waals surface area (Å²) < 4.78 is 14.0. The third kappa shape index (κ3) is 1.70. The van der Waals surface area contributed by atoms with Gasteiger partial charge in [-0.1, -0.05) is 39.0 Å². The Bertz CT molecular complexity index is 673. The van der Waals surface area contributed by atoms with Crippen LogP contribution in [0.1, 0.15) is 39.2 Å². The molecule has 2 bridgehead atoms. The van der Waals surface area contributed by atoms with Gasteiger partial charge in [-0.2, -0.15) is 0 Å². The average Bonchev–Trinajstić information content (AvgIpc) is 2.95. The predicted molar refractivity (Wildman–Crippen MR) is 86.6 cm³/mol. The molecule has 4 heteroatoms. The average molecular weight is 316 g/mol. The van der Waals surface area contributed by atoms with E-state index < -0.39 is 0 Å². The summed E-state index contributed by atoms with van der Waals surface area (Å²) in [6, 6.07) is 6.99. The van der Waals surface area contributed by atoms with Crippen molar-refractivity contribution in [2.45, 2.75) is 46.2 Å². The van der Waals surface area contributed by atoms with E-state index in [1.54, 1.807) is 17.1 Å². The van der Waals surface area contributed by atoms with Gasteiger partial charge in [0.25, 0.3) is 0 Å². The summed E-state index contributed by atoms with van der Waals surface area (Å²) in [5, 5.41) is 3.89. The number of hydrazine groups is 1. The van der Waals surface area contributed by atoms with Gasteiger partial charge in [0.1, 0.15) is 5.82 Å². The van der Waals surface area contributed by atoms with Crippen LogP contribution in [0.3, 0.4) is 0 Å². The van der Waals surface area contributed by atoms with Crippen LogP contribution >= 0.6 is 0 Å². The highest BCUT2D eigenvalue weighted by Gasteiger charge is 2.72. The molecule has 1 saturated heterocycles. The lowest BCUT2D eigenvalue weighted by Gasteiger charge is -2.43. The number of fused-ring (bicyclic) bond motifs is 5. The van der Waals surface area contributed by atoms with Crippen molar-refractivity contribution in [3.8, 4) is 0 Å². The molecule has 1 aliphatic heterocycles. The Hall–Kier alpha value is -1.42. The molecule has 4 atom stereocenters. The smallest absolute Gasteiger partial charge is 0.242 e. The Balaban J connectivity index is 1.68. The number of rotatable bonds is 2. The number of nitrogens with zero attached hydrogens (tertiary/aromatic N) is 2. The monoisotopic (exact) mass is 316 g/mol. The van der Waals surface area contributed by atoms with E-state index >= 15 is 0 Å². The first kappa shape index (κ1) is 15.1. The van der Waals surface area contributed by atoms with E-state index in [1.165, 1.54) is 12.5 Å². The molecule has 2 aliphatic carbocycles. The van der Waals surface area contributed by atoms with E-state index in [2.05, 4.69) is 25.8 Å². The summed E-state index contributed by atoms with van der Waals surface area (Å²) in [7, 11) is 2.01. The highest BCUT2D eigenvalue weighted by molar-refractivity contribution is 5.83. The third-order valence-electron chi connectivity index (χ3n) is 7.40.